The molecule has 0 bridgehead atoms. The first kappa shape index (κ1) is 18.7. The van der Waals surface area contributed by atoms with Crippen molar-refractivity contribution >= 4 is 29.1 Å². The molecule has 1 amide bonds. The molecule has 1 aromatic carbocycles. The molecule has 0 saturated carbocycles. The van der Waals surface area contributed by atoms with E-state index in [1.807, 2.05) is 37.4 Å². The summed E-state index contributed by atoms with van der Waals surface area (Å²) >= 11 is 12.5. The summed E-state index contributed by atoms with van der Waals surface area (Å²) in [6.07, 6.45) is 5.73. The molecule has 0 spiro atoms. The van der Waals surface area contributed by atoms with Crippen molar-refractivity contribution in [2.24, 2.45) is 0 Å². The van der Waals surface area contributed by atoms with Gasteiger partial charge in [-0.2, -0.15) is 0 Å². The smallest absolute Gasteiger partial charge is 0.255 e. The number of pyridine rings is 2. The Morgan fingerprint density at radius 3 is 2.79 bits per heavy atom. The number of amides is 1. The fraction of sp³-hybridized carbons (Fsp3) is 0.190. The second-order valence-corrected chi connectivity index (χ2v) is 7.39. The van der Waals surface area contributed by atoms with Crippen LogP contribution in [0.15, 0.2) is 42.9 Å². The van der Waals surface area contributed by atoms with Crippen molar-refractivity contribution in [3.8, 4) is 17.0 Å². The molecule has 4 rings (SSSR count). The van der Waals surface area contributed by atoms with Crippen LogP contribution in [0.4, 0.5) is 0 Å². The van der Waals surface area contributed by atoms with Crippen LogP contribution in [0.3, 0.4) is 0 Å². The summed E-state index contributed by atoms with van der Waals surface area (Å²) in [5.41, 5.74) is 4.99. The molecule has 0 fully saturated rings. The largest absolute Gasteiger partial charge is 0.489 e. The van der Waals surface area contributed by atoms with Gasteiger partial charge >= 0.3 is 0 Å². The Hall–Kier alpha value is -2.63. The van der Waals surface area contributed by atoms with Gasteiger partial charge in [0.25, 0.3) is 5.91 Å². The summed E-state index contributed by atoms with van der Waals surface area (Å²) in [6.45, 7) is 2.80. The normalized spacial score (nSPS) is 13.3. The summed E-state index contributed by atoms with van der Waals surface area (Å²) in [6, 6.07) is 7.61. The van der Waals surface area contributed by atoms with E-state index in [0.717, 1.165) is 27.9 Å². The van der Waals surface area contributed by atoms with Crippen LogP contribution in [-0.2, 0) is 6.42 Å². The molecule has 3 aromatic rings. The molecule has 0 aliphatic carbocycles. The van der Waals surface area contributed by atoms with Gasteiger partial charge in [0.1, 0.15) is 6.61 Å². The number of nitrogens with zero attached hydrogens (tertiary/aromatic N) is 2. The molecule has 2 aromatic heterocycles. The summed E-state index contributed by atoms with van der Waals surface area (Å²) in [7, 11) is 0. The lowest BCUT2D eigenvalue weighted by Crippen LogP contribution is -2.24. The van der Waals surface area contributed by atoms with Crippen LogP contribution >= 0.6 is 23.2 Å². The van der Waals surface area contributed by atoms with E-state index in [-0.39, 0.29) is 5.91 Å². The number of aromatic nitrogens is 2. The van der Waals surface area contributed by atoms with Gasteiger partial charge < -0.3 is 10.1 Å². The molecule has 1 N–H and O–H groups in total. The van der Waals surface area contributed by atoms with Crippen molar-refractivity contribution < 1.29 is 9.53 Å². The predicted molar refractivity (Wildman–Crippen MR) is 109 cm³/mol. The first-order chi connectivity index (χ1) is 13.5. The highest BCUT2D eigenvalue weighted by Gasteiger charge is 2.22. The second kappa shape index (κ2) is 7.78. The minimum absolute atomic E-state index is 0.169. The summed E-state index contributed by atoms with van der Waals surface area (Å²) in [4.78, 5) is 20.9. The Morgan fingerprint density at radius 1 is 1.18 bits per heavy atom. The Labute approximate surface area is 172 Å². The van der Waals surface area contributed by atoms with E-state index >= 15 is 0 Å². The first-order valence-corrected chi connectivity index (χ1v) is 9.57. The lowest BCUT2D eigenvalue weighted by Gasteiger charge is -2.15. The van der Waals surface area contributed by atoms with E-state index in [1.165, 1.54) is 0 Å². The molecular weight excluding hydrogens is 397 g/mol. The molecule has 28 heavy (non-hydrogen) atoms. The number of carbonyl (C=O) groups excluding carboxylic acids is 1. The fourth-order valence-electron chi connectivity index (χ4n) is 3.16. The number of halogens is 2. The highest BCUT2D eigenvalue weighted by atomic mass is 35.5. The highest BCUT2D eigenvalue weighted by molar-refractivity contribution is 6.33. The molecule has 5 nitrogen and oxygen atoms in total. The SMILES string of the molecule is Cc1c(Cc2ccc(-c3cncc(Cl)c3)nc2)cc2c(c1Cl)OCCNC2=O. The summed E-state index contributed by atoms with van der Waals surface area (Å²) < 4.78 is 5.67. The van der Waals surface area contributed by atoms with E-state index in [1.54, 1.807) is 12.4 Å². The van der Waals surface area contributed by atoms with E-state index in [0.29, 0.717) is 40.9 Å². The van der Waals surface area contributed by atoms with Crippen molar-refractivity contribution in [3.05, 3.63) is 75.2 Å². The molecule has 3 heterocycles. The van der Waals surface area contributed by atoms with Crippen LogP contribution in [0.1, 0.15) is 27.0 Å². The van der Waals surface area contributed by atoms with E-state index in [2.05, 4.69) is 15.3 Å². The van der Waals surface area contributed by atoms with Gasteiger partial charge in [0.05, 0.1) is 27.8 Å². The van der Waals surface area contributed by atoms with Crippen LogP contribution in [0.2, 0.25) is 10.0 Å². The summed E-state index contributed by atoms with van der Waals surface area (Å²) in [5.74, 6) is 0.289. The third-order valence-electron chi connectivity index (χ3n) is 4.67. The average Bonchev–Trinajstić information content (AvgIpc) is 2.88. The number of hydrogen-bond acceptors (Lipinski definition) is 4. The third kappa shape index (κ3) is 3.68. The number of rotatable bonds is 3. The third-order valence-corrected chi connectivity index (χ3v) is 5.33. The molecule has 0 unspecified atom stereocenters. The van der Waals surface area contributed by atoms with Gasteiger partial charge in [-0.1, -0.05) is 29.3 Å². The number of hydrogen-bond donors (Lipinski definition) is 1. The number of carbonyl (C=O) groups is 1. The van der Waals surface area contributed by atoms with Crippen molar-refractivity contribution in [2.45, 2.75) is 13.3 Å². The fourth-order valence-corrected chi connectivity index (χ4v) is 3.61. The van der Waals surface area contributed by atoms with Gasteiger partial charge in [-0.05, 0) is 48.2 Å². The monoisotopic (exact) mass is 413 g/mol. The lowest BCUT2D eigenvalue weighted by molar-refractivity contribution is 0.0957. The Morgan fingerprint density at radius 2 is 2.04 bits per heavy atom. The second-order valence-electron chi connectivity index (χ2n) is 6.58. The van der Waals surface area contributed by atoms with Crippen LogP contribution in [0.5, 0.6) is 5.75 Å². The number of benzene rings is 1. The van der Waals surface area contributed by atoms with Crippen molar-refractivity contribution in [1.29, 1.82) is 0 Å². The van der Waals surface area contributed by atoms with Crippen LogP contribution in [0, 0.1) is 6.92 Å². The molecule has 0 atom stereocenters. The lowest BCUT2D eigenvalue weighted by atomic mass is 9.97. The van der Waals surface area contributed by atoms with Crippen LogP contribution in [-0.4, -0.2) is 29.0 Å². The quantitative estimate of drug-likeness (QED) is 0.687. The van der Waals surface area contributed by atoms with Crippen molar-refractivity contribution in [2.75, 3.05) is 13.2 Å². The van der Waals surface area contributed by atoms with Crippen molar-refractivity contribution in [3.63, 3.8) is 0 Å². The number of fused-ring (bicyclic) bond motifs is 1. The first-order valence-electron chi connectivity index (χ1n) is 8.82. The van der Waals surface area contributed by atoms with Gasteiger partial charge in [-0.3, -0.25) is 14.8 Å². The molecular formula is C21H17Cl2N3O2. The van der Waals surface area contributed by atoms with E-state index in [9.17, 15) is 4.79 Å². The zero-order chi connectivity index (χ0) is 19.7. The Balaban J connectivity index is 1.64. The van der Waals surface area contributed by atoms with E-state index in [4.69, 9.17) is 27.9 Å². The molecule has 0 saturated heterocycles. The summed E-state index contributed by atoms with van der Waals surface area (Å²) in [5, 5.41) is 3.87. The Kier molecular flexibility index (Phi) is 5.20. The van der Waals surface area contributed by atoms with Gasteiger partial charge in [-0.15, -0.1) is 0 Å². The molecule has 1 aliphatic rings. The zero-order valence-corrected chi connectivity index (χ0v) is 16.6. The average molecular weight is 414 g/mol. The van der Waals surface area contributed by atoms with Crippen LogP contribution in [0.25, 0.3) is 11.3 Å². The molecule has 142 valence electrons. The minimum atomic E-state index is -0.169. The van der Waals surface area contributed by atoms with Gasteiger partial charge in [0.2, 0.25) is 0 Å². The minimum Gasteiger partial charge on any atom is -0.489 e. The molecule has 7 heteroatoms. The highest BCUT2D eigenvalue weighted by Crippen LogP contribution is 2.36. The maximum absolute atomic E-state index is 12.3. The number of ether oxygens (including phenoxy) is 1. The molecule has 1 aliphatic heterocycles. The van der Waals surface area contributed by atoms with Gasteiger partial charge in [-0.25, -0.2) is 0 Å². The number of nitrogens with one attached hydrogen (secondary N) is 1. The Bertz CT molecular complexity index is 1050. The maximum atomic E-state index is 12.3. The molecule has 0 radical (unpaired) electrons. The van der Waals surface area contributed by atoms with Gasteiger partial charge in [0.15, 0.2) is 5.75 Å². The van der Waals surface area contributed by atoms with Gasteiger partial charge in [0, 0.05) is 24.2 Å². The standard InChI is InChI=1S/C21H17Cl2N3O2/c1-12-14(8-17-20(19(12)23)28-5-4-25-21(17)27)6-13-2-3-18(26-9-13)15-7-16(22)11-24-10-15/h2-3,7-11H,4-6H2,1H3,(H,25,27). The van der Waals surface area contributed by atoms with E-state index < -0.39 is 0 Å². The predicted octanol–water partition coefficient (Wildman–Crippen LogP) is 4.47. The topological polar surface area (TPSA) is 64.1 Å². The maximum Gasteiger partial charge on any atom is 0.255 e. The van der Waals surface area contributed by atoms with Crippen LogP contribution < -0.4 is 10.1 Å². The van der Waals surface area contributed by atoms with Crippen molar-refractivity contribution in [1.82, 2.24) is 15.3 Å². The zero-order valence-electron chi connectivity index (χ0n) is 15.1.